The summed E-state index contributed by atoms with van der Waals surface area (Å²) in [6, 6.07) is 9.50. The average Bonchev–Trinajstić information content (AvgIpc) is 2.48. The molecule has 120 valence electrons. The van der Waals surface area contributed by atoms with Gasteiger partial charge in [0.15, 0.2) is 0 Å². The van der Waals surface area contributed by atoms with Crippen molar-refractivity contribution >= 4 is 46.4 Å². The van der Waals surface area contributed by atoms with E-state index in [0.29, 0.717) is 22.1 Å². The third-order valence-electron chi connectivity index (χ3n) is 2.96. The number of ether oxygens (including phenoxy) is 1. The fourth-order valence-corrected chi connectivity index (χ4v) is 2.41. The van der Waals surface area contributed by atoms with Crippen molar-refractivity contribution in [3.05, 3.63) is 52.0 Å². The molecule has 0 aliphatic heterocycles. The number of anilines is 2. The number of hydrogen-bond donors (Lipinski definition) is 2. The molecule has 5 nitrogen and oxygen atoms in total. The van der Waals surface area contributed by atoms with Gasteiger partial charge in [-0.2, -0.15) is 0 Å². The molecule has 0 saturated carbocycles. The van der Waals surface area contributed by atoms with Gasteiger partial charge in [-0.15, -0.1) is 0 Å². The third kappa shape index (κ3) is 4.37. The lowest BCUT2D eigenvalue weighted by Gasteiger charge is -2.13. The van der Waals surface area contributed by atoms with Gasteiger partial charge >= 0.3 is 0 Å². The van der Waals surface area contributed by atoms with Crippen LogP contribution >= 0.6 is 23.2 Å². The molecule has 0 atom stereocenters. The van der Waals surface area contributed by atoms with Gasteiger partial charge in [0, 0.05) is 18.0 Å². The summed E-state index contributed by atoms with van der Waals surface area (Å²) in [6.07, 6.45) is 0. The maximum atomic E-state index is 12.4. The highest BCUT2D eigenvalue weighted by Gasteiger charge is 2.14. The van der Waals surface area contributed by atoms with Crippen LogP contribution in [0.25, 0.3) is 0 Å². The van der Waals surface area contributed by atoms with Crippen molar-refractivity contribution in [2.75, 3.05) is 17.7 Å². The molecule has 0 aromatic heterocycles. The quantitative estimate of drug-likeness (QED) is 0.865. The van der Waals surface area contributed by atoms with E-state index in [1.54, 1.807) is 24.3 Å². The predicted molar refractivity (Wildman–Crippen MR) is 91.7 cm³/mol. The summed E-state index contributed by atoms with van der Waals surface area (Å²) in [4.78, 5) is 23.7. The topological polar surface area (TPSA) is 67.4 Å². The zero-order valence-electron chi connectivity index (χ0n) is 12.4. The zero-order valence-corrected chi connectivity index (χ0v) is 14.0. The highest BCUT2D eigenvalue weighted by molar-refractivity contribution is 6.37. The van der Waals surface area contributed by atoms with Crippen molar-refractivity contribution in [3.63, 3.8) is 0 Å². The number of rotatable bonds is 4. The second-order valence-electron chi connectivity index (χ2n) is 4.67. The molecule has 2 aromatic carbocycles. The van der Waals surface area contributed by atoms with Crippen LogP contribution < -0.4 is 15.4 Å². The van der Waals surface area contributed by atoms with Crippen LogP contribution in [0, 0.1) is 0 Å². The Morgan fingerprint density at radius 3 is 2.35 bits per heavy atom. The third-order valence-corrected chi connectivity index (χ3v) is 3.51. The minimum Gasteiger partial charge on any atom is -0.497 e. The number of benzene rings is 2. The smallest absolute Gasteiger partial charge is 0.257 e. The van der Waals surface area contributed by atoms with Crippen LogP contribution in [0.3, 0.4) is 0 Å². The monoisotopic (exact) mass is 352 g/mol. The lowest BCUT2D eigenvalue weighted by atomic mass is 10.2. The molecule has 2 amide bonds. The van der Waals surface area contributed by atoms with Gasteiger partial charge in [0.05, 0.1) is 29.1 Å². The van der Waals surface area contributed by atoms with Crippen molar-refractivity contribution in [1.82, 2.24) is 0 Å². The maximum absolute atomic E-state index is 12.4. The molecular weight excluding hydrogens is 339 g/mol. The van der Waals surface area contributed by atoms with Crippen LogP contribution in [-0.2, 0) is 4.79 Å². The van der Waals surface area contributed by atoms with Crippen molar-refractivity contribution in [2.24, 2.45) is 0 Å². The summed E-state index contributed by atoms with van der Waals surface area (Å²) in [7, 11) is 1.51. The second kappa shape index (κ2) is 7.35. The predicted octanol–water partition coefficient (Wildman–Crippen LogP) is 4.21. The molecule has 7 heteroatoms. The molecule has 0 unspecified atom stereocenters. The lowest BCUT2D eigenvalue weighted by molar-refractivity contribution is -0.114. The van der Waals surface area contributed by atoms with Crippen LogP contribution in [0.2, 0.25) is 10.0 Å². The first kappa shape index (κ1) is 17.1. The van der Waals surface area contributed by atoms with Crippen molar-refractivity contribution in [2.45, 2.75) is 6.92 Å². The highest BCUT2D eigenvalue weighted by atomic mass is 35.5. The maximum Gasteiger partial charge on any atom is 0.257 e. The number of halogens is 2. The van der Waals surface area contributed by atoms with E-state index >= 15 is 0 Å². The second-order valence-corrected chi connectivity index (χ2v) is 5.51. The van der Waals surface area contributed by atoms with Crippen molar-refractivity contribution < 1.29 is 14.3 Å². The standard InChI is InChI=1S/C16H14Cl2N2O3/c1-9(21)19-14-6-4-11(23-2)8-15(14)20-16(22)12-5-3-10(17)7-13(12)18/h3-8H,1-2H3,(H,19,21)(H,20,22). The van der Waals surface area contributed by atoms with E-state index in [1.165, 1.54) is 26.2 Å². The van der Waals surface area contributed by atoms with Gasteiger partial charge in [-0.1, -0.05) is 23.2 Å². The Bertz CT molecular complexity index is 763. The molecule has 0 saturated heterocycles. The van der Waals surface area contributed by atoms with E-state index < -0.39 is 5.91 Å². The number of methoxy groups -OCH3 is 1. The largest absolute Gasteiger partial charge is 0.497 e. The average molecular weight is 353 g/mol. The van der Waals surface area contributed by atoms with E-state index in [-0.39, 0.29) is 16.5 Å². The number of carbonyl (C=O) groups is 2. The van der Waals surface area contributed by atoms with Crippen LogP contribution in [0.5, 0.6) is 5.75 Å². The van der Waals surface area contributed by atoms with E-state index in [1.807, 2.05) is 0 Å². The molecule has 0 aliphatic rings. The van der Waals surface area contributed by atoms with Crippen LogP contribution in [-0.4, -0.2) is 18.9 Å². The first-order chi connectivity index (χ1) is 10.9. The first-order valence-electron chi connectivity index (χ1n) is 6.62. The number of hydrogen-bond acceptors (Lipinski definition) is 3. The number of amides is 2. The summed E-state index contributed by atoms with van der Waals surface area (Å²) in [5.41, 5.74) is 1.12. The molecule has 0 radical (unpaired) electrons. The summed E-state index contributed by atoms with van der Waals surface area (Å²) < 4.78 is 5.13. The van der Waals surface area contributed by atoms with Crippen LogP contribution in [0.4, 0.5) is 11.4 Å². The van der Waals surface area contributed by atoms with Gasteiger partial charge in [-0.25, -0.2) is 0 Å². The van der Waals surface area contributed by atoms with Gasteiger partial charge in [-0.05, 0) is 30.3 Å². The molecule has 23 heavy (non-hydrogen) atoms. The minimum atomic E-state index is -0.425. The molecule has 2 rings (SSSR count). The van der Waals surface area contributed by atoms with Crippen molar-refractivity contribution in [3.8, 4) is 5.75 Å². The fraction of sp³-hybridized carbons (Fsp3) is 0.125. The Morgan fingerprint density at radius 1 is 1.00 bits per heavy atom. The Hall–Kier alpha value is -2.24. The molecule has 0 spiro atoms. The molecule has 2 N–H and O–H groups in total. The number of carbonyl (C=O) groups excluding carboxylic acids is 2. The normalized spacial score (nSPS) is 10.1. The van der Waals surface area contributed by atoms with Gasteiger partial charge in [0.1, 0.15) is 5.75 Å². The minimum absolute atomic E-state index is 0.235. The van der Waals surface area contributed by atoms with Gasteiger partial charge in [-0.3, -0.25) is 9.59 Å². The summed E-state index contributed by atoms with van der Waals surface area (Å²) in [6.45, 7) is 1.38. The Morgan fingerprint density at radius 2 is 1.74 bits per heavy atom. The van der Waals surface area contributed by atoms with E-state index in [4.69, 9.17) is 27.9 Å². The fourth-order valence-electron chi connectivity index (χ4n) is 1.92. The molecule has 0 fully saturated rings. The summed E-state index contributed by atoms with van der Waals surface area (Å²) in [5.74, 6) is -0.140. The first-order valence-corrected chi connectivity index (χ1v) is 7.38. The van der Waals surface area contributed by atoms with Gasteiger partial charge < -0.3 is 15.4 Å². The van der Waals surface area contributed by atoms with E-state index in [2.05, 4.69) is 10.6 Å². The van der Waals surface area contributed by atoms with Crippen LogP contribution in [0.1, 0.15) is 17.3 Å². The van der Waals surface area contributed by atoms with Gasteiger partial charge in [0.25, 0.3) is 5.91 Å². The molecular formula is C16H14Cl2N2O3. The molecule has 0 aliphatic carbocycles. The molecule has 0 bridgehead atoms. The van der Waals surface area contributed by atoms with Crippen LogP contribution in [0.15, 0.2) is 36.4 Å². The van der Waals surface area contributed by atoms with E-state index in [0.717, 1.165) is 0 Å². The number of nitrogens with one attached hydrogen (secondary N) is 2. The lowest BCUT2D eigenvalue weighted by Crippen LogP contribution is -2.15. The summed E-state index contributed by atoms with van der Waals surface area (Å²) in [5, 5.41) is 6.02. The van der Waals surface area contributed by atoms with Crippen molar-refractivity contribution in [1.29, 1.82) is 0 Å². The molecule has 0 heterocycles. The zero-order chi connectivity index (χ0) is 17.0. The molecule has 2 aromatic rings. The SMILES string of the molecule is COc1ccc(NC(C)=O)c(NC(=O)c2ccc(Cl)cc2Cl)c1. The Labute approximate surface area is 143 Å². The van der Waals surface area contributed by atoms with Gasteiger partial charge in [0.2, 0.25) is 5.91 Å². The van der Waals surface area contributed by atoms with E-state index in [9.17, 15) is 9.59 Å². The Balaban J connectivity index is 2.33. The highest BCUT2D eigenvalue weighted by Crippen LogP contribution is 2.29. The Kier molecular flexibility index (Phi) is 5.47. The summed E-state index contributed by atoms with van der Waals surface area (Å²) >= 11 is 11.9.